The van der Waals surface area contributed by atoms with E-state index in [0.29, 0.717) is 37.9 Å². The first-order valence-electron chi connectivity index (χ1n) is 8.59. The van der Waals surface area contributed by atoms with Crippen molar-refractivity contribution in [2.45, 2.75) is 13.1 Å². The minimum absolute atomic E-state index is 0.118. The van der Waals surface area contributed by atoms with Crippen molar-refractivity contribution in [1.29, 1.82) is 0 Å². The van der Waals surface area contributed by atoms with E-state index in [9.17, 15) is 28.1 Å². The summed E-state index contributed by atoms with van der Waals surface area (Å²) >= 11 is 9.59. The largest absolute Gasteiger partial charge is 0.449 e. The summed E-state index contributed by atoms with van der Waals surface area (Å²) in [5.74, 6) is -0.534. The quantitative estimate of drug-likeness (QED) is 0.192. The summed E-state index contributed by atoms with van der Waals surface area (Å²) in [5, 5.41) is 11.3. The van der Waals surface area contributed by atoms with Gasteiger partial charge in [0.15, 0.2) is 0 Å². The lowest BCUT2D eigenvalue weighted by Gasteiger charge is -2.12. The summed E-state index contributed by atoms with van der Waals surface area (Å²) in [6.45, 7) is 2.19. The van der Waals surface area contributed by atoms with Gasteiger partial charge in [0, 0.05) is 22.6 Å². The number of nitro benzene ring substituents is 1. The molecule has 1 aliphatic heterocycles. The lowest BCUT2D eigenvalue weighted by atomic mass is 10.1. The Balaban J connectivity index is 2.03. The lowest BCUT2D eigenvalue weighted by molar-refractivity contribution is -0.385. The number of alkyl halides is 3. The van der Waals surface area contributed by atoms with Crippen LogP contribution in [0, 0.1) is 10.1 Å². The molecule has 31 heavy (non-hydrogen) atoms. The van der Waals surface area contributed by atoms with Crippen molar-refractivity contribution < 1.29 is 27.6 Å². The fourth-order valence-electron chi connectivity index (χ4n) is 2.68. The minimum atomic E-state index is -4.74. The van der Waals surface area contributed by atoms with E-state index in [2.05, 4.69) is 15.9 Å². The summed E-state index contributed by atoms with van der Waals surface area (Å²) < 4.78 is 45.4. The summed E-state index contributed by atoms with van der Waals surface area (Å²) in [6.07, 6.45) is -3.22. The monoisotopic (exact) mass is 532 g/mol. The standard InChI is InChI=1S/C19H12BrF3N2O4S2/c1-2-24-17(26)16(31-18(24)30)8-10-7-12(20)4-6-14(10)29-15-5-3-11(19(21,22)23)9-13(15)25(27)28/h3-9H,2H2,1H3/b16-8-. The minimum Gasteiger partial charge on any atom is -0.449 e. The molecular weight excluding hydrogens is 521 g/mol. The number of thioether (sulfide) groups is 1. The number of amides is 1. The first kappa shape index (κ1) is 23.2. The highest BCUT2D eigenvalue weighted by Crippen LogP contribution is 2.40. The summed E-state index contributed by atoms with van der Waals surface area (Å²) in [5.41, 5.74) is -1.60. The molecule has 0 radical (unpaired) electrons. The van der Waals surface area contributed by atoms with Gasteiger partial charge in [-0.25, -0.2) is 0 Å². The van der Waals surface area contributed by atoms with E-state index in [0.717, 1.165) is 17.8 Å². The zero-order chi connectivity index (χ0) is 22.9. The fraction of sp³-hybridized carbons (Fsp3) is 0.158. The van der Waals surface area contributed by atoms with Gasteiger partial charge in [-0.3, -0.25) is 19.8 Å². The van der Waals surface area contributed by atoms with Gasteiger partial charge < -0.3 is 4.74 Å². The molecule has 0 spiro atoms. The molecule has 162 valence electrons. The van der Waals surface area contributed by atoms with Crippen molar-refractivity contribution in [3.63, 3.8) is 0 Å². The molecule has 2 aromatic carbocycles. The molecule has 0 aromatic heterocycles. The lowest BCUT2D eigenvalue weighted by Crippen LogP contribution is -2.27. The number of likely N-dealkylation sites (N-methyl/N-ethyl adjacent to an activating group) is 1. The van der Waals surface area contributed by atoms with E-state index in [1.807, 2.05) is 0 Å². The SMILES string of the molecule is CCN1C(=O)/C(=C/c2cc(Br)ccc2Oc2ccc(C(F)(F)F)cc2[N+](=O)[O-])SC1=S. The van der Waals surface area contributed by atoms with Crippen LogP contribution in [0.5, 0.6) is 11.5 Å². The fourth-order valence-corrected chi connectivity index (χ4v) is 4.43. The van der Waals surface area contributed by atoms with Crippen molar-refractivity contribution in [3.05, 3.63) is 67.0 Å². The number of carbonyl (C=O) groups is 1. The van der Waals surface area contributed by atoms with Gasteiger partial charge in [0.2, 0.25) is 5.75 Å². The van der Waals surface area contributed by atoms with Crippen LogP contribution in [0.25, 0.3) is 6.08 Å². The van der Waals surface area contributed by atoms with E-state index in [-0.39, 0.29) is 17.4 Å². The Hall–Kier alpha value is -2.44. The van der Waals surface area contributed by atoms with Crippen LogP contribution >= 0.6 is 39.9 Å². The molecule has 6 nitrogen and oxygen atoms in total. The Bertz CT molecular complexity index is 1120. The van der Waals surface area contributed by atoms with Crippen LogP contribution in [0.2, 0.25) is 0 Å². The van der Waals surface area contributed by atoms with Gasteiger partial charge in [-0.2, -0.15) is 13.2 Å². The highest BCUT2D eigenvalue weighted by atomic mass is 79.9. The number of thiocarbonyl (C=S) groups is 1. The number of nitro groups is 1. The second-order valence-electron chi connectivity index (χ2n) is 6.15. The average Bonchev–Trinajstić information content (AvgIpc) is 2.95. The van der Waals surface area contributed by atoms with Crippen LogP contribution in [-0.4, -0.2) is 26.6 Å². The molecule has 1 aliphatic rings. The number of hydrogen-bond acceptors (Lipinski definition) is 6. The van der Waals surface area contributed by atoms with Gasteiger partial charge in [-0.1, -0.05) is 39.9 Å². The van der Waals surface area contributed by atoms with Gasteiger partial charge in [0.25, 0.3) is 5.91 Å². The van der Waals surface area contributed by atoms with Gasteiger partial charge in [0.1, 0.15) is 10.1 Å². The molecule has 0 saturated carbocycles. The van der Waals surface area contributed by atoms with Crippen molar-refractivity contribution >= 4 is 61.9 Å². The van der Waals surface area contributed by atoms with Gasteiger partial charge >= 0.3 is 11.9 Å². The highest BCUT2D eigenvalue weighted by molar-refractivity contribution is 9.10. The van der Waals surface area contributed by atoms with Crippen LogP contribution in [0.4, 0.5) is 18.9 Å². The van der Waals surface area contributed by atoms with E-state index in [4.69, 9.17) is 17.0 Å². The predicted octanol–water partition coefficient (Wildman–Crippen LogP) is 6.39. The van der Waals surface area contributed by atoms with Crippen molar-refractivity contribution in [3.8, 4) is 11.5 Å². The molecule has 0 N–H and O–H groups in total. The Labute approximate surface area is 192 Å². The summed E-state index contributed by atoms with van der Waals surface area (Å²) in [6, 6.07) is 6.71. The number of hydrogen-bond donors (Lipinski definition) is 0. The maximum atomic E-state index is 12.9. The number of ether oxygens (including phenoxy) is 1. The second kappa shape index (κ2) is 8.97. The number of nitrogens with zero attached hydrogens (tertiary/aromatic N) is 2. The number of rotatable bonds is 5. The van der Waals surface area contributed by atoms with E-state index in [1.165, 1.54) is 17.0 Å². The van der Waals surface area contributed by atoms with E-state index >= 15 is 0 Å². The van der Waals surface area contributed by atoms with Crippen molar-refractivity contribution in [2.75, 3.05) is 6.54 Å². The summed E-state index contributed by atoms with van der Waals surface area (Å²) in [4.78, 5) is 24.6. The van der Waals surface area contributed by atoms with Gasteiger partial charge in [0.05, 0.1) is 15.4 Å². The second-order valence-corrected chi connectivity index (χ2v) is 8.74. The number of halogens is 4. The maximum Gasteiger partial charge on any atom is 0.416 e. The molecule has 2 aromatic rings. The van der Waals surface area contributed by atoms with Crippen LogP contribution in [0.1, 0.15) is 18.1 Å². The molecule has 1 heterocycles. The van der Waals surface area contributed by atoms with Crippen LogP contribution in [-0.2, 0) is 11.0 Å². The first-order chi connectivity index (χ1) is 14.5. The molecule has 0 unspecified atom stereocenters. The van der Waals surface area contributed by atoms with Gasteiger partial charge in [-0.15, -0.1) is 0 Å². The number of carbonyl (C=O) groups excluding carboxylic acids is 1. The third kappa shape index (κ3) is 5.08. The molecule has 0 bridgehead atoms. The topological polar surface area (TPSA) is 72.7 Å². The molecule has 1 fully saturated rings. The van der Waals surface area contributed by atoms with E-state index < -0.39 is 22.4 Å². The zero-order valence-corrected chi connectivity index (χ0v) is 18.8. The molecular formula is C19H12BrF3N2O4S2. The zero-order valence-electron chi connectivity index (χ0n) is 15.6. The molecule has 1 amide bonds. The molecule has 0 atom stereocenters. The molecule has 0 aliphatic carbocycles. The van der Waals surface area contributed by atoms with Crippen molar-refractivity contribution in [2.24, 2.45) is 0 Å². The number of benzene rings is 2. The normalized spacial score (nSPS) is 15.6. The maximum absolute atomic E-state index is 12.9. The molecule has 3 rings (SSSR count). The molecule has 12 heteroatoms. The molecule has 1 saturated heterocycles. The summed E-state index contributed by atoms with van der Waals surface area (Å²) in [7, 11) is 0. The van der Waals surface area contributed by atoms with Crippen molar-refractivity contribution in [1.82, 2.24) is 4.90 Å². The third-order valence-electron chi connectivity index (χ3n) is 4.15. The van der Waals surface area contributed by atoms with Gasteiger partial charge in [-0.05, 0) is 43.3 Å². The van der Waals surface area contributed by atoms with E-state index in [1.54, 1.807) is 19.1 Å². The average molecular weight is 533 g/mol. The smallest absolute Gasteiger partial charge is 0.416 e. The Morgan fingerprint density at radius 2 is 1.94 bits per heavy atom. The Morgan fingerprint density at radius 3 is 2.52 bits per heavy atom. The third-order valence-corrected chi connectivity index (χ3v) is 6.02. The first-order valence-corrected chi connectivity index (χ1v) is 10.6. The highest BCUT2D eigenvalue weighted by Gasteiger charge is 2.34. The Morgan fingerprint density at radius 1 is 1.26 bits per heavy atom. The Kier molecular flexibility index (Phi) is 6.72. The van der Waals surface area contributed by atoms with Crippen LogP contribution in [0.3, 0.4) is 0 Å². The van der Waals surface area contributed by atoms with Crippen LogP contribution in [0.15, 0.2) is 45.8 Å². The van der Waals surface area contributed by atoms with Crippen LogP contribution < -0.4 is 4.74 Å². The predicted molar refractivity (Wildman–Crippen MR) is 118 cm³/mol.